The van der Waals surface area contributed by atoms with Crippen LogP contribution >= 0.6 is 0 Å². The topological polar surface area (TPSA) is 85.1 Å². The molecule has 0 saturated carbocycles. The maximum Gasteiger partial charge on any atom is 0.148 e. The zero-order valence-corrected chi connectivity index (χ0v) is 12.4. The second-order valence-corrected chi connectivity index (χ2v) is 5.05. The highest BCUT2D eigenvalue weighted by atomic mass is 16.5. The van der Waals surface area contributed by atoms with E-state index < -0.39 is 0 Å². The van der Waals surface area contributed by atoms with Gasteiger partial charge in [0.15, 0.2) is 0 Å². The maximum absolute atomic E-state index is 5.49. The summed E-state index contributed by atoms with van der Waals surface area (Å²) in [6.45, 7) is 11.4. The van der Waals surface area contributed by atoms with E-state index in [4.69, 9.17) is 10.6 Å². The smallest absolute Gasteiger partial charge is 0.148 e. The number of anilines is 2. The molecule has 1 heterocycles. The monoisotopic (exact) mass is 267 g/mol. The lowest BCUT2D eigenvalue weighted by atomic mass is 10.2. The number of nitrogens with one attached hydrogen (secondary N) is 2. The van der Waals surface area contributed by atoms with Crippen molar-refractivity contribution in [1.29, 1.82) is 0 Å². The van der Waals surface area contributed by atoms with E-state index >= 15 is 0 Å². The van der Waals surface area contributed by atoms with Gasteiger partial charge in [-0.1, -0.05) is 13.8 Å². The van der Waals surface area contributed by atoms with Crippen LogP contribution in [0.15, 0.2) is 0 Å². The summed E-state index contributed by atoms with van der Waals surface area (Å²) in [5.41, 5.74) is 3.53. The molecule has 19 heavy (non-hydrogen) atoms. The first-order valence-corrected chi connectivity index (χ1v) is 6.66. The molecular weight excluding hydrogens is 242 g/mol. The highest BCUT2D eigenvalue weighted by molar-refractivity contribution is 5.56. The first-order chi connectivity index (χ1) is 8.95. The van der Waals surface area contributed by atoms with E-state index in [1.165, 1.54) is 0 Å². The van der Waals surface area contributed by atoms with E-state index in [1.54, 1.807) is 0 Å². The van der Waals surface area contributed by atoms with Crippen molar-refractivity contribution in [1.82, 2.24) is 9.97 Å². The average Bonchev–Trinajstić information content (AvgIpc) is 2.35. The fraction of sp³-hybridized carbons (Fsp3) is 0.692. The molecule has 1 rings (SSSR count). The van der Waals surface area contributed by atoms with Crippen LogP contribution in [0.25, 0.3) is 0 Å². The van der Waals surface area contributed by atoms with E-state index in [2.05, 4.69) is 34.6 Å². The zero-order valence-electron chi connectivity index (χ0n) is 12.4. The van der Waals surface area contributed by atoms with E-state index in [1.807, 2.05) is 20.8 Å². The Bertz CT molecular complexity index is 406. The normalized spacial score (nSPS) is 11.2. The summed E-state index contributed by atoms with van der Waals surface area (Å²) in [4.78, 5) is 8.91. The summed E-state index contributed by atoms with van der Waals surface area (Å²) >= 11 is 0. The molecule has 0 aliphatic heterocycles. The van der Waals surface area contributed by atoms with Crippen molar-refractivity contribution in [2.24, 2.45) is 5.84 Å². The fourth-order valence-corrected chi connectivity index (χ4v) is 1.57. The van der Waals surface area contributed by atoms with Crippen LogP contribution in [0, 0.1) is 6.92 Å². The number of ether oxygens (including phenoxy) is 1. The van der Waals surface area contributed by atoms with Crippen LogP contribution in [0.5, 0.6) is 0 Å². The lowest BCUT2D eigenvalue weighted by Gasteiger charge is -2.15. The minimum absolute atomic E-state index is 0.237. The standard InChI is InChI=1S/C13H25N5O/c1-8(2)11-16-12(10(5)13(17-11)18-14)15-6-7-19-9(3)4/h8-9H,6-7,14H2,1-5H3,(H2,15,16,17,18). The molecule has 0 atom stereocenters. The quantitative estimate of drug-likeness (QED) is 0.398. The van der Waals surface area contributed by atoms with E-state index in [-0.39, 0.29) is 12.0 Å². The molecule has 0 aliphatic carbocycles. The summed E-state index contributed by atoms with van der Waals surface area (Å²) in [6, 6.07) is 0. The SMILES string of the molecule is Cc1c(NN)nc(C(C)C)nc1NCCOC(C)C. The number of hydrogen-bond acceptors (Lipinski definition) is 6. The maximum atomic E-state index is 5.49. The van der Waals surface area contributed by atoms with Crippen LogP contribution in [0.4, 0.5) is 11.6 Å². The van der Waals surface area contributed by atoms with Crippen molar-refractivity contribution >= 4 is 11.6 Å². The Morgan fingerprint density at radius 3 is 2.32 bits per heavy atom. The van der Waals surface area contributed by atoms with Gasteiger partial charge in [-0.2, -0.15) is 0 Å². The Labute approximate surface area is 115 Å². The van der Waals surface area contributed by atoms with Crippen LogP contribution in [0.1, 0.15) is 45.0 Å². The highest BCUT2D eigenvalue weighted by Crippen LogP contribution is 2.22. The Hall–Kier alpha value is -1.40. The van der Waals surface area contributed by atoms with E-state index in [0.29, 0.717) is 19.0 Å². The molecule has 0 saturated heterocycles. The summed E-state index contributed by atoms with van der Waals surface area (Å²) in [6.07, 6.45) is 0.237. The second kappa shape index (κ2) is 7.25. The molecule has 6 nitrogen and oxygen atoms in total. The van der Waals surface area contributed by atoms with Crippen LogP contribution in [-0.4, -0.2) is 29.2 Å². The van der Waals surface area contributed by atoms with Gasteiger partial charge in [-0.05, 0) is 20.8 Å². The van der Waals surface area contributed by atoms with Crippen molar-refractivity contribution in [3.63, 3.8) is 0 Å². The van der Waals surface area contributed by atoms with Crippen molar-refractivity contribution in [3.8, 4) is 0 Å². The van der Waals surface area contributed by atoms with Gasteiger partial charge in [0, 0.05) is 18.0 Å². The van der Waals surface area contributed by atoms with Gasteiger partial charge in [-0.25, -0.2) is 15.8 Å². The third kappa shape index (κ3) is 4.65. The minimum Gasteiger partial charge on any atom is -0.377 e. The van der Waals surface area contributed by atoms with Crippen molar-refractivity contribution in [2.75, 3.05) is 23.9 Å². The molecule has 1 aromatic heterocycles. The lowest BCUT2D eigenvalue weighted by Crippen LogP contribution is -2.18. The van der Waals surface area contributed by atoms with E-state index in [0.717, 1.165) is 17.2 Å². The predicted octanol–water partition coefficient (Wildman–Crippen LogP) is 2.03. The lowest BCUT2D eigenvalue weighted by molar-refractivity contribution is 0.0870. The molecule has 108 valence electrons. The molecule has 0 radical (unpaired) electrons. The highest BCUT2D eigenvalue weighted by Gasteiger charge is 2.12. The molecule has 0 spiro atoms. The Morgan fingerprint density at radius 2 is 1.79 bits per heavy atom. The van der Waals surface area contributed by atoms with Gasteiger partial charge in [-0.15, -0.1) is 0 Å². The van der Waals surface area contributed by atoms with Crippen LogP contribution in [0.2, 0.25) is 0 Å². The van der Waals surface area contributed by atoms with Crippen LogP contribution in [0.3, 0.4) is 0 Å². The molecule has 0 aromatic carbocycles. The molecule has 0 amide bonds. The Balaban J connectivity index is 2.78. The molecule has 0 fully saturated rings. The number of rotatable bonds is 7. The largest absolute Gasteiger partial charge is 0.377 e. The first-order valence-electron chi connectivity index (χ1n) is 6.66. The summed E-state index contributed by atoms with van der Waals surface area (Å²) in [5.74, 6) is 7.97. The van der Waals surface area contributed by atoms with Gasteiger partial charge >= 0.3 is 0 Å². The number of aromatic nitrogens is 2. The van der Waals surface area contributed by atoms with Crippen LogP contribution < -0.4 is 16.6 Å². The molecule has 6 heteroatoms. The second-order valence-electron chi connectivity index (χ2n) is 5.05. The number of hydrogen-bond donors (Lipinski definition) is 3. The van der Waals surface area contributed by atoms with Gasteiger partial charge < -0.3 is 15.5 Å². The van der Waals surface area contributed by atoms with Gasteiger partial charge in [0.2, 0.25) is 0 Å². The minimum atomic E-state index is 0.237. The van der Waals surface area contributed by atoms with Gasteiger partial charge in [0.25, 0.3) is 0 Å². The number of nitrogens with zero attached hydrogens (tertiary/aromatic N) is 2. The number of nitrogens with two attached hydrogens (primary N) is 1. The third-order valence-corrected chi connectivity index (χ3v) is 2.66. The Kier molecular flexibility index (Phi) is 5.98. The fourth-order valence-electron chi connectivity index (χ4n) is 1.57. The first kappa shape index (κ1) is 15.7. The summed E-state index contributed by atoms with van der Waals surface area (Å²) < 4.78 is 5.49. The number of hydrazine groups is 1. The van der Waals surface area contributed by atoms with Crippen molar-refractivity contribution in [3.05, 3.63) is 11.4 Å². The molecule has 0 aliphatic rings. The molecule has 0 bridgehead atoms. The van der Waals surface area contributed by atoms with Crippen molar-refractivity contribution < 1.29 is 4.74 Å². The van der Waals surface area contributed by atoms with Crippen LogP contribution in [-0.2, 0) is 4.74 Å². The van der Waals surface area contributed by atoms with Crippen molar-refractivity contribution in [2.45, 2.75) is 46.6 Å². The zero-order chi connectivity index (χ0) is 14.4. The molecule has 4 N–H and O–H groups in total. The van der Waals surface area contributed by atoms with Gasteiger partial charge in [-0.3, -0.25) is 0 Å². The van der Waals surface area contributed by atoms with Gasteiger partial charge in [0.05, 0.1) is 12.7 Å². The Morgan fingerprint density at radius 1 is 1.16 bits per heavy atom. The number of nitrogen functional groups attached to an aromatic ring is 1. The molecule has 0 unspecified atom stereocenters. The summed E-state index contributed by atoms with van der Waals surface area (Å²) in [5, 5.41) is 3.27. The molecular formula is C13H25N5O. The molecule has 1 aromatic rings. The average molecular weight is 267 g/mol. The summed E-state index contributed by atoms with van der Waals surface area (Å²) in [7, 11) is 0. The van der Waals surface area contributed by atoms with E-state index in [9.17, 15) is 0 Å². The third-order valence-electron chi connectivity index (χ3n) is 2.66. The van der Waals surface area contributed by atoms with Gasteiger partial charge in [0.1, 0.15) is 17.5 Å². The predicted molar refractivity (Wildman–Crippen MR) is 78.2 cm³/mol.